The van der Waals surface area contributed by atoms with Gasteiger partial charge in [0, 0.05) is 12.6 Å². The van der Waals surface area contributed by atoms with Gasteiger partial charge in [-0.2, -0.15) is 0 Å². The van der Waals surface area contributed by atoms with Crippen molar-refractivity contribution in [1.29, 1.82) is 0 Å². The van der Waals surface area contributed by atoms with E-state index >= 15 is 0 Å². The van der Waals surface area contributed by atoms with Gasteiger partial charge in [-0.15, -0.1) is 0 Å². The van der Waals surface area contributed by atoms with Crippen molar-refractivity contribution in [1.82, 2.24) is 0 Å². The molecule has 0 fully saturated rings. The third-order valence-corrected chi connectivity index (χ3v) is 1.84. The van der Waals surface area contributed by atoms with Gasteiger partial charge in [0.05, 0.1) is 5.69 Å². The smallest absolute Gasteiger partial charge is 0.146 e. The summed E-state index contributed by atoms with van der Waals surface area (Å²) >= 11 is 0. The van der Waals surface area contributed by atoms with Crippen LogP contribution in [0.3, 0.4) is 0 Å². The highest BCUT2D eigenvalue weighted by Crippen LogP contribution is 2.14. The fraction of sp³-hybridized carbons (Fsp3) is 0.400. The van der Waals surface area contributed by atoms with Gasteiger partial charge in [0.1, 0.15) is 11.6 Å². The molecule has 1 rings (SSSR count). The highest BCUT2D eigenvalue weighted by molar-refractivity contribution is 5.44. The molecular formula is C10H14F2N2. The predicted octanol–water partition coefficient (Wildman–Crippen LogP) is 2.11. The van der Waals surface area contributed by atoms with Gasteiger partial charge >= 0.3 is 0 Å². The standard InChI is InChI=1S/C10H14F2N2/c1-7(13)4-5-14-10-6-8(11)2-3-9(10)12/h2-3,6-7,14H,4-5,13H2,1H3. The number of nitrogens with one attached hydrogen (secondary N) is 1. The number of halogens is 2. The van der Waals surface area contributed by atoms with E-state index in [-0.39, 0.29) is 11.7 Å². The largest absolute Gasteiger partial charge is 0.383 e. The van der Waals surface area contributed by atoms with Crippen molar-refractivity contribution in [3.63, 3.8) is 0 Å². The van der Waals surface area contributed by atoms with Crippen LogP contribution >= 0.6 is 0 Å². The monoisotopic (exact) mass is 200 g/mol. The molecule has 78 valence electrons. The number of nitrogens with two attached hydrogens (primary N) is 1. The Labute approximate surface area is 82.1 Å². The number of anilines is 1. The molecule has 0 saturated carbocycles. The van der Waals surface area contributed by atoms with E-state index in [1.807, 2.05) is 6.92 Å². The quantitative estimate of drug-likeness (QED) is 0.781. The van der Waals surface area contributed by atoms with Gasteiger partial charge in [-0.3, -0.25) is 0 Å². The van der Waals surface area contributed by atoms with Gasteiger partial charge in [-0.25, -0.2) is 8.78 Å². The van der Waals surface area contributed by atoms with E-state index in [0.29, 0.717) is 6.54 Å². The third kappa shape index (κ3) is 3.30. The van der Waals surface area contributed by atoms with Gasteiger partial charge in [0.25, 0.3) is 0 Å². The van der Waals surface area contributed by atoms with Crippen LogP contribution in [-0.4, -0.2) is 12.6 Å². The van der Waals surface area contributed by atoms with Crippen LogP contribution in [0.15, 0.2) is 18.2 Å². The Hall–Kier alpha value is -1.16. The molecule has 0 heterocycles. The molecule has 0 aliphatic carbocycles. The SMILES string of the molecule is CC(N)CCNc1cc(F)ccc1F. The van der Waals surface area contributed by atoms with Crippen molar-refractivity contribution in [2.24, 2.45) is 5.73 Å². The molecule has 2 nitrogen and oxygen atoms in total. The lowest BCUT2D eigenvalue weighted by Crippen LogP contribution is -2.19. The molecule has 0 aromatic heterocycles. The maximum Gasteiger partial charge on any atom is 0.146 e. The Morgan fingerprint density at radius 2 is 2.14 bits per heavy atom. The van der Waals surface area contributed by atoms with Crippen molar-refractivity contribution in [2.45, 2.75) is 19.4 Å². The predicted molar refractivity (Wildman–Crippen MR) is 53.1 cm³/mol. The molecule has 0 saturated heterocycles. The van der Waals surface area contributed by atoms with Crippen LogP contribution in [0.2, 0.25) is 0 Å². The van der Waals surface area contributed by atoms with Crippen LogP contribution in [0.25, 0.3) is 0 Å². The van der Waals surface area contributed by atoms with E-state index in [4.69, 9.17) is 5.73 Å². The first-order chi connectivity index (χ1) is 6.59. The normalized spacial score (nSPS) is 12.6. The third-order valence-electron chi connectivity index (χ3n) is 1.84. The Morgan fingerprint density at radius 3 is 2.79 bits per heavy atom. The van der Waals surface area contributed by atoms with E-state index < -0.39 is 11.6 Å². The van der Waals surface area contributed by atoms with E-state index in [1.54, 1.807) is 0 Å². The lowest BCUT2D eigenvalue weighted by molar-refractivity contribution is 0.600. The highest BCUT2D eigenvalue weighted by Gasteiger charge is 2.02. The Kier molecular flexibility index (Phi) is 3.83. The molecule has 4 heteroatoms. The van der Waals surface area contributed by atoms with Crippen molar-refractivity contribution in [3.05, 3.63) is 29.8 Å². The zero-order chi connectivity index (χ0) is 10.6. The van der Waals surface area contributed by atoms with Gasteiger partial charge in [-0.05, 0) is 31.5 Å². The molecule has 1 atom stereocenters. The second-order valence-corrected chi connectivity index (χ2v) is 3.32. The molecule has 1 aromatic carbocycles. The van der Waals surface area contributed by atoms with E-state index in [0.717, 1.165) is 24.6 Å². The summed E-state index contributed by atoms with van der Waals surface area (Å²) in [7, 11) is 0. The summed E-state index contributed by atoms with van der Waals surface area (Å²) in [5, 5.41) is 2.79. The average molecular weight is 200 g/mol. The summed E-state index contributed by atoms with van der Waals surface area (Å²) in [6.07, 6.45) is 0.718. The van der Waals surface area contributed by atoms with Crippen LogP contribution in [0, 0.1) is 11.6 Å². The zero-order valence-electron chi connectivity index (χ0n) is 8.06. The van der Waals surface area contributed by atoms with Crippen LogP contribution < -0.4 is 11.1 Å². The lowest BCUT2D eigenvalue weighted by atomic mass is 10.2. The van der Waals surface area contributed by atoms with Crippen molar-refractivity contribution >= 4 is 5.69 Å². The second kappa shape index (κ2) is 4.91. The number of hydrogen-bond acceptors (Lipinski definition) is 2. The minimum atomic E-state index is -0.449. The molecule has 0 aliphatic rings. The molecule has 0 bridgehead atoms. The fourth-order valence-corrected chi connectivity index (χ4v) is 1.07. The summed E-state index contributed by atoms with van der Waals surface area (Å²) in [5.41, 5.74) is 5.70. The van der Waals surface area contributed by atoms with Crippen molar-refractivity contribution < 1.29 is 8.78 Å². The highest BCUT2D eigenvalue weighted by atomic mass is 19.1. The minimum Gasteiger partial charge on any atom is -0.383 e. The molecule has 3 N–H and O–H groups in total. The van der Waals surface area contributed by atoms with Crippen molar-refractivity contribution in [2.75, 3.05) is 11.9 Å². The number of benzene rings is 1. The lowest BCUT2D eigenvalue weighted by Gasteiger charge is -2.09. The zero-order valence-corrected chi connectivity index (χ0v) is 8.06. The first-order valence-corrected chi connectivity index (χ1v) is 4.54. The fourth-order valence-electron chi connectivity index (χ4n) is 1.07. The van der Waals surface area contributed by atoms with Crippen LogP contribution in [0.5, 0.6) is 0 Å². The summed E-state index contributed by atoms with van der Waals surface area (Å²) in [6, 6.07) is 3.38. The van der Waals surface area contributed by atoms with Gasteiger partial charge in [0.15, 0.2) is 0 Å². The Balaban J connectivity index is 2.53. The van der Waals surface area contributed by atoms with E-state index in [1.165, 1.54) is 0 Å². The minimum absolute atomic E-state index is 0.0547. The second-order valence-electron chi connectivity index (χ2n) is 3.32. The Bertz CT molecular complexity index is 300. The maximum absolute atomic E-state index is 13.0. The maximum atomic E-state index is 13.0. The topological polar surface area (TPSA) is 38.0 Å². The molecule has 0 amide bonds. The molecule has 0 spiro atoms. The summed E-state index contributed by atoms with van der Waals surface area (Å²) in [6.45, 7) is 2.40. The molecule has 14 heavy (non-hydrogen) atoms. The van der Waals surface area contributed by atoms with Gasteiger partial charge in [-0.1, -0.05) is 0 Å². The number of rotatable bonds is 4. The molecule has 0 radical (unpaired) electrons. The molecule has 0 aliphatic heterocycles. The first-order valence-electron chi connectivity index (χ1n) is 4.54. The van der Waals surface area contributed by atoms with Crippen LogP contribution in [0.4, 0.5) is 14.5 Å². The molecule has 1 unspecified atom stereocenters. The molecular weight excluding hydrogens is 186 g/mol. The molecule has 1 aromatic rings. The van der Waals surface area contributed by atoms with E-state index in [9.17, 15) is 8.78 Å². The van der Waals surface area contributed by atoms with Crippen molar-refractivity contribution in [3.8, 4) is 0 Å². The first kappa shape index (κ1) is 10.9. The summed E-state index contributed by atoms with van der Waals surface area (Å²) in [4.78, 5) is 0. The van der Waals surface area contributed by atoms with Gasteiger partial charge < -0.3 is 11.1 Å². The van der Waals surface area contributed by atoms with Crippen LogP contribution in [0.1, 0.15) is 13.3 Å². The number of hydrogen-bond donors (Lipinski definition) is 2. The summed E-state index contributed by atoms with van der Waals surface area (Å²) < 4.78 is 25.7. The average Bonchev–Trinajstić information content (AvgIpc) is 2.10. The van der Waals surface area contributed by atoms with E-state index in [2.05, 4.69) is 5.32 Å². The Morgan fingerprint density at radius 1 is 1.43 bits per heavy atom. The van der Waals surface area contributed by atoms with Gasteiger partial charge in [0.2, 0.25) is 0 Å². The van der Waals surface area contributed by atoms with Crippen LogP contribution in [-0.2, 0) is 0 Å². The summed E-state index contributed by atoms with van der Waals surface area (Å²) in [5.74, 6) is -0.897.